The third-order valence-electron chi connectivity index (χ3n) is 2.84. The van der Waals surface area contributed by atoms with E-state index in [9.17, 15) is 0 Å². The number of hydrogen-bond donors (Lipinski definition) is 2. The lowest BCUT2D eigenvalue weighted by molar-refractivity contribution is 0.363. The molecular weight excluding hydrogens is 202 g/mol. The van der Waals surface area contributed by atoms with E-state index in [-0.39, 0.29) is 0 Å². The average molecular weight is 219 g/mol. The standard InChI is InChI=1S/C11H17N5/c1-9(10(2)16-7-3-5-14-16)12-8-11-4-6-13-15-11/h3-7,9-10,12H,8H2,1-2H3,(H,13,15). The van der Waals surface area contributed by atoms with Crippen molar-refractivity contribution in [1.29, 1.82) is 0 Å². The monoisotopic (exact) mass is 219 g/mol. The molecule has 2 unspecified atom stereocenters. The summed E-state index contributed by atoms with van der Waals surface area (Å²) in [6.45, 7) is 5.10. The fourth-order valence-corrected chi connectivity index (χ4v) is 1.58. The van der Waals surface area contributed by atoms with Gasteiger partial charge in [0.1, 0.15) is 0 Å². The molecule has 0 radical (unpaired) electrons. The van der Waals surface area contributed by atoms with Gasteiger partial charge >= 0.3 is 0 Å². The molecule has 16 heavy (non-hydrogen) atoms. The van der Waals surface area contributed by atoms with E-state index in [2.05, 4.69) is 34.5 Å². The normalized spacial score (nSPS) is 14.9. The zero-order chi connectivity index (χ0) is 11.4. The molecule has 0 aliphatic heterocycles. The number of aromatic amines is 1. The summed E-state index contributed by atoms with van der Waals surface area (Å²) in [7, 11) is 0. The number of H-pyrrole nitrogens is 1. The molecule has 5 nitrogen and oxygen atoms in total. The van der Waals surface area contributed by atoms with Gasteiger partial charge in [-0.05, 0) is 26.0 Å². The zero-order valence-corrected chi connectivity index (χ0v) is 9.59. The molecule has 2 aromatic rings. The van der Waals surface area contributed by atoms with Gasteiger partial charge in [0, 0.05) is 36.9 Å². The fraction of sp³-hybridized carbons (Fsp3) is 0.455. The first-order chi connectivity index (χ1) is 7.77. The van der Waals surface area contributed by atoms with Crippen LogP contribution in [0.4, 0.5) is 0 Å². The summed E-state index contributed by atoms with van der Waals surface area (Å²) in [6, 6.07) is 4.59. The topological polar surface area (TPSA) is 58.5 Å². The Kier molecular flexibility index (Phi) is 3.36. The molecular formula is C11H17N5. The van der Waals surface area contributed by atoms with Gasteiger partial charge in [0.2, 0.25) is 0 Å². The van der Waals surface area contributed by atoms with Crippen molar-refractivity contribution in [3.8, 4) is 0 Å². The molecule has 86 valence electrons. The maximum absolute atomic E-state index is 4.24. The smallest absolute Gasteiger partial charge is 0.0641 e. The number of nitrogens with zero attached hydrogens (tertiary/aromatic N) is 3. The van der Waals surface area contributed by atoms with Crippen LogP contribution in [0.5, 0.6) is 0 Å². The van der Waals surface area contributed by atoms with Crippen LogP contribution < -0.4 is 5.32 Å². The lowest BCUT2D eigenvalue weighted by atomic mass is 10.1. The summed E-state index contributed by atoms with van der Waals surface area (Å²) in [6.07, 6.45) is 5.55. The first kappa shape index (κ1) is 10.9. The highest BCUT2D eigenvalue weighted by atomic mass is 15.3. The minimum Gasteiger partial charge on any atom is -0.307 e. The summed E-state index contributed by atoms with van der Waals surface area (Å²) >= 11 is 0. The van der Waals surface area contributed by atoms with Crippen LogP contribution in [0, 0.1) is 0 Å². The second-order valence-electron chi connectivity index (χ2n) is 3.98. The van der Waals surface area contributed by atoms with Gasteiger partial charge in [-0.25, -0.2) is 0 Å². The summed E-state index contributed by atoms with van der Waals surface area (Å²) in [5, 5.41) is 14.5. The predicted molar refractivity (Wildman–Crippen MR) is 61.8 cm³/mol. The average Bonchev–Trinajstić information content (AvgIpc) is 2.96. The lowest BCUT2D eigenvalue weighted by Crippen LogP contribution is -2.33. The van der Waals surface area contributed by atoms with Gasteiger partial charge < -0.3 is 5.32 Å². The lowest BCUT2D eigenvalue weighted by Gasteiger charge is -2.21. The Hall–Kier alpha value is -1.62. The Morgan fingerprint density at radius 3 is 2.94 bits per heavy atom. The molecule has 2 aromatic heterocycles. The van der Waals surface area contributed by atoms with Crippen LogP contribution in [-0.2, 0) is 6.54 Å². The Bertz CT molecular complexity index is 392. The van der Waals surface area contributed by atoms with Crippen LogP contribution in [0.15, 0.2) is 30.7 Å². The third-order valence-corrected chi connectivity index (χ3v) is 2.84. The Morgan fingerprint density at radius 2 is 2.31 bits per heavy atom. The van der Waals surface area contributed by atoms with E-state index < -0.39 is 0 Å². The molecule has 2 N–H and O–H groups in total. The molecule has 0 aromatic carbocycles. The number of nitrogens with one attached hydrogen (secondary N) is 2. The maximum Gasteiger partial charge on any atom is 0.0641 e. The molecule has 0 saturated carbocycles. The SMILES string of the molecule is CC(NCc1ccn[nH]1)C(C)n1cccn1. The van der Waals surface area contributed by atoms with Crippen LogP contribution in [0.25, 0.3) is 0 Å². The van der Waals surface area contributed by atoms with Gasteiger partial charge in [-0.2, -0.15) is 10.2 Å². The number of hydrogen-bond acceptors (Lipinski definition) is 3. The summed E-state index contributed by atoms with van der Waals surface area (Å²) in [5.41, 5.74) is 1.10. The van der Waals surface area contributed by atoms with Crippen molar-refractivity contribution in [2.75, 3.05) is 0 Å². The minimum atomic E-state index is 0.331. The highest BCUT2D eigenvalue weighted by Gasteiger charge is 2.13. The molecule has 0 aliphatic rings. The largest absolute Gasteiger partial charge is 0.307 e. The fourth-order valence-electron chi connectivity index (χ4n) is 1.58. The molecule has 0 spiro atoms. The van der Waals surface area contributed by atoms with Crippen molar-refractivity contribution in [1.82, 2.24) is 25.3 Å². The van der Waals surface area contributed by atoms with Crippen molar-refractivity contribution >= 4 is 0 Å². The van der Waals surface area contributed by atoms with Crippen molar-refractivity contribution in [3.05, 3.63) is 36.4 Å². The van der Waals surface area contributed by atoms with Crippen molar-refractivity contribution in [2.24, 2.45) is 0 Å². The third kappa shape index (κ3) is 2.49. The summed E-state index contributed by atoms with van der Waals surface area (Å²) in [5.74, 6) is 0. The van der Waals surface area contributed by atoms with Crippen LogP contribution in [0.2, 0.25) is 0 Å². The molecule has 5 heteroatoms. The van der Waals surface area contributed by atoms with Gasteiger partial charge in [-0.3, -0.25) is 9.78 Å². The van der Waals surface area contributed by atoms with Crippen LogP contribution >= 0.6 is 0 Å². The highest BCUT2D eigenvalue weighted by molar-refractivity contribution is 4.97. The highest BCUT2D eigenvalue weighted by Crippen LogP contribution is 2.09. The Morgan fingerprint density at radius 1 is 1.44 bits per heavy atom. The van der Waals surface area contributed by atoms with Gasteiger partial charge in [0.05, 0.1) is 6.04 Å². The van der Waals surface area contributed by atoms with Crippen LogP contribution in [0.1, 0.15) is 25.6 Å². The molecule has 2 heterocycles. The van der Waals surface area contributed by atoms with E-state index in [1.54, 1.807) is 12.4 Å². The molecule has 2 rings (SSSR count). The molecule has 0 bridgehead atoms. The molecule has 0 fully saturated rings. The minimum absolute atomic E-state index is 0.331. The van der Waals surface area contributed by atoms with E-state index in [1.807, 2.05) is 23.0 Å². The summed E-state index contributed by atoms with van der Waals surface area (Å²) in [4.78, 5) is 0. The van der Waals surface area contributed by atoms with Gasteiger partial charge in [0.25, 0.3) is 0 Å². The summed E-state index contributed by atoms with van der Waals surface area (Å²) < 4.78 is 1.96. The first-order valence-corrected chi connectivity index (χ1v) is 5.48. The van der Waals surface area contributed by atoms with E-state index in [4.69, 9.17) is 0 Å². The molecule has 0 aliphatic carbocycles. The Labute approximate surface area is 94.9 Å². The van der Waals surface area contributed by atoms with Crippen LogP contribution in [0.3, 0.4) is 0 Å². The van der Waals surface area contributed by atoms with Crippen LogP contribution in [-0.4, -0.2) is 26.0 Å². The second-order valence-corrected chi connectivity index (χ2v) is 3.98. The van der Waals surface area contributed by atoms with E-state index >= 15 is 0 Å². The van der Waals surface area contributed by atoms with E-state index in [1.165, 1.54) is 0 Å². The van der Waals surface area contributed by atoms with Gasteiger partial charge in [-0.15, -0.1) is 0 Å². The van der Waals surface area contributed by atoms with E-state index in [0.29, 0.717) is 12.1 Å². The van der Waals surface area contributed by atoms with E-state index in [0.717, 1.165) is 12.2 Å². The molecule has 2 atom stereocenters. The number of aromatic nitrogens is 4. The van der Waals surface area contributed by atoms with Gasteiger partial charge in [-0.1, -0.05) is 0 Å². The van der Waals surface area contributed by atoms with Crippen molar-refractivity contribution in [2.45, 2.75) is 32.5 Å². The second kappa shape index (κ2) is 4.94. The molecule has 0 amide bonds. The first-order valence-electron chi connectivity index (χ1n) is 5.48. The Balaban J connectivity index is 1.86. The maximum atomic E-state index is 4.24. The number of rotatable bonds is 5. The predicted octanol–water partition coefficient (Wildman–Crippen LogP) is 1.35. The zero-order valence-electron chi connectivity index (χ0n) is 9.59. The van der Waals surface area contributed by atoms with Crippen molar-refractivity contribution in [3.63, 3.8) is 0 Å². The molecule has 0 saturated heterocycles. The quantitative estimate of drug-likeness (QED) is 0.798. The van der Waals surface area contributed by atoms with Gasteiger partial charge in [0.15, 0.2) is 0 Å². The van der Waals surface area contributed by atoms with Crippen molar-refractivity contribution < 1.29 is 0 Å².